The number of ether oxygens (including phenoxy) is 1. The van der Waals surface area contributed by atoms with Crippen LogP contribution in [0.25, 0.3) is 11.1 Å². The van der Waals surface area contributed by atoms with Gasteiger partial charge in [-0.2, -0.15) is 8.78 Å². The van der Waals surface area contributed by atoms with Gasteiger partial charge in [0.15, 0.2) is 0 Å². The number of aryl methyl sites for hydroxylation is 2. The summed E-state index contributed by atoms with van der Waals surface area (Å²) in [7, 11) is 0. The third-order valence-corrected chi connectivity index (χ3v) is 4.06. The average molecular weight is 360 g/mol. The number of alkyl halides is 2. The van der Waals surface area contributed by atoms with Crippen LogP contribution >= 0.6 is 0 Å². The molecule has 0 N–H and O–H groups in total. The van der Waals surface area contributed by atoms with Crippen LogP contribution < -0.4 is 4.74 Å². The smallest absolute Gasteiger partial charge is 0.429 e. The Balaban J connectivity index is 1.89. The lowest BCUT2D eigenvalue weighted by atomic mass is 10.0. The van der Waals surface area contributed by atoms with Gasteiger partial charge in [0.1, 0.15) is 17.4 Å². The van der Waals surface area contributed by atoms with Gasteiger partial charge in [0.05, 0.1) is 5.56 Å². The summed E-state index contributed by atoms with van der Waals surface area (Å²) < 4.78 is 61.1. The summed E-state index contributed by atoms with van der Waals surface area (Å²) in [6.45, 7) is 3.42. The van der Waals surface area contributed by atoms with Crippen molar-refractivity contribution in [1.82, 2.24) is 0 Å². The Kier molecular flexibility index (Phi) is 4.72. The van der Waals surface area contributed by atoms with Crippen molar-refractivity contribution in [3.63, 3.8) is 0 Å². The Hall–Kier alpha value is -2.82. The van der Waals surface area contributed by atoms with Crippen LogP contribution in [0.4, 0.5) is 17.6 Å². The fraction of sp³-hybridized carbons (Fsp3) is 0.143. The highest BCUT2D eigenvalue weighted by Crippen LogP contribution is 2.35. The number of halogens is 4. The highest BCUT2D eigenvalue weighted by Gasteiger charge is 2.37. The monoisotopic (exact) mass is 360 g/mol. The molecule has 0 aliphatic rings. The number of hydrogen-bond donors (Lipinski definition) is 0. The second kappa shape index (κ2) is 6.83. The lowest BCUT2D eigenvalue weighted by molar-refractivity contribution is -0.187. The fourth-order valence-corrected chi connectivity index (χ4v) is 2.52. The third-order valence-electron chi connectivity index (χ3n) is 4.06. The molecule has 26 heavy (non-hydrogen) atoms. The molecule has 0 spiro atoms. The van der Waals surface area contributed by atoms with Crippen LogP contribution in [0, 0.1) is 25.5 Å². The van der Waals surface area contributed by atoms with Gasteiger partial charge in [-0.05, 0) is 48.7 Å². The van der Waals surface area contributed by atoms with Gasteiger partial charge < -0.3 is 4.74 Å². The van der Waals surface area contributed by atoms with E-state index in [1.54, 1.807) is 12.1 Å². The first kappa shape index (κ1) is 18.0. The van der Waals surface area contributed by atoms with E-state index in [2.05, 4.69) is 4.74 Å². The number of hydrogen-bond acceptors (Lipinski definition) is 1. The standard InChI is InChI=1S/C21H16F4O/c1-13-3-6-15(7-4-13)16-8-10-18(20(23)11-16)21(24,25)26-17-9-5-14(2)19(22)12-17/h3-12H,1-2H3. The molecule has 134 valence electrons. The van der Waals surface area contributed by atoms with Crippen LogP contribution in [0.1, 0.15) is 16.7 Å². The molecule has 3 aromatic rings. The lowest BCUT2D eigenvalue weighted by Gasteiger charge is -2.19. The minimum atomic E-state index is -3.93. The second-order valence-electron chi connectivity index (χ2n) is 6.09. The predicted molar refractivity (Wildman–Crippen MR) is 92.2 cm³/mol. The molecule has 0 radical (unpaired) electrons. The molecular weight excluding hydrogens is 344 g/mol. The molecular formula is C21H16F4O. The highest BCUT2D eigenvalue weighted by atomic mass is 19.3. The molecule has 0 atom stereocenters. The van der Waals surface area contributed by atoms with Gasteiger partial charge in [-0.25, -0.2) is 8.78 Å². The van der Waals surface area contributed by atoms with E-state index in [9.17, 15) is 17.6 Å². The molecule has 3 aromatic carbocycles. The Morgan fingerprint density at radius 2 is 1.38 bits per heavy atom. The molecule has 0 bridgehead atoms. The Bertz CT molecular complexity index is 933. The highest BCUT2D eigenvalue weighted by molar-refractivity contribution is 5.64. The molecule has 5 heteroatoms. The van der Waals surface area contributed by atoms with Gasteiger partial charge in [0.25, 0.3) is 0 Å². The van der Waals surface area contributed by atoms with E-state index in [-0.39, 0.29) is 5.75 Å². The SMILES string of the molecule is Cc1ccc(-c2ccc(C(F)(F)Oc3ccc(C)c(F)c3)c(F)c2)cc1. The van der Waals surface area contributed by atoms with Gasteiger partial charge in [0.2, 0.25) is 0 Å². The van der Waals surface area contributed by atoms with Crippen molar-refractivity contribution in [3.8, 4) is 16.9 Å². The Morgan fingerprint density at radius 1 is 0.731 bits per heavy atom. The molecule has 0 aromatic heterocycles. The van der Waals surface area contributed by atoms with Crippen molar-refractivity contribution in [3.05, 3.63) is 89.0 Å². The van der Waals surface area contributed by atoms with E-state index in [1.807, 2.05) is 19.1 Å². The maximum Gasteiger partial charge on any atom is 0.429 e. The molecule has 3 rings (SSSR count). The molecule has 0 saturated carbocycles. The summed E-state index contributed by atoms with van der Waals surface area (Å²) in [6, 6.07) is 14.1. The van der Waals surface area contributed by atoms with E-state index < -0.39 is 23.3 Å². The summed E-state index contributed by atoms with van der Waals surface area (Å²) in [4.78, 5) is 0. The first-order valence-corrected chi connectivity index (χ1v) is 7.96. The van der Waals surface area contributed by atoms with Gasteiger partial charge >= 0.3 is 6.11 Å². The maximum absolute atomic E-state index is 14.3. The van der Waals surface area contributed by atoms with Crippen LogP contribution in [0.2, 0.25) is 0 Å². The summed E-state index contributed by atoms with van der Waals surface area (Å²) in [5.74, 6) is -2.14. The molecule has 1 nitrogen and oxygen atoms in total. The van der Waals surface area contributed by atoms with E-state index in [0.717, 1.165) is 23.8 Å². The van der Waals surface area contributed by atoms with E-state index in [4.69, 9.17) is 0 Å². The fourth-order valence-electron chi connectivity index (χ4n) is 2.52. The summed E-state index contributed by atoms with van der Waals surface area (Å²) in [5, 5.41) is 0. The van der Waals surface area contributed by atoms with E-state index in [0.29, 0.717) is 16.7 Å². The van der Waals surface area contributed by atoms with Crippen molar-refractivity contribution >= 4 is 0 Å². The molecule has 0 fully saturated rings. The molecule has 0 amide bonds. The van der Waals surface area contributed by atoms with Crippen molar-refractivity contribution in [2.24, 2.45) is 0 Å². The van der Waals surface area contributed by atoms with Crippen LogP contribution in [-0.2, 0) is 6.11 Å². The van der Waals surface area contributed by atoms with Gasteiger partial charge in [-0.15, -0.1) is 0 Å². The topological polar surface area (TPSA) is 9.23 Å². The minimum absolute atomic E-state index is 0.300. The van der Waals surface area contributed by atoms with Gasteiger partial charge in [0, 0.05) is 6.07 Å². The summed E-state index contributed by atoms with van der Waals surface area (Å²) >= 11 is 0. The molecule has 0 unspecified atom stereocenters. The molecule has 0 saturated heterocycles. The quantitative estimate of drug-likeness (QED) is 0.491. The van der Waals surface area contributed by atoms with Crippen molar-refractivity contribution in [2.45, 2.75) is 20.0 Å². The van der Waals surface area contributed by atoms with Crippen LogP contribution in [0.5, 0.6) is 5.75 Å². The van der Waals surface area contributed by atoms with E-state index in [1.165, 1.54) is 25.1 Å². The van der Waals surface area contributed by atoms with Crippen molar-refractivity contribution < 1.29 is 22.3 Å². The summed E-state index contributed by atoms with van der Waals surface area (Å²) in [5.41, 5.74) is 1.62. The predicted octanol–water partition coefficient (Wildman–Crippen LogP) is 6.38. The van der Waals surface area contributed by atoms with Crippen LogP contribution in [0.3, 0.4) is 0 Å². The second-order valence-corrected chi connectivity index (χ2v) is 6.09. The number of benzene rings is 3. The van der Waals surface area contributed by atoms with Crippen molar-refractivity contribution in [1.29, 1.82) is 0 Å². The first-order chi connectivity index (χ1) is 12.3. The normalized spacial score (nSPS) is 11.5. The van der Waals surface area contributed by atoms with Gasteiger partial charge in [-0.3, -0.25) is 0 Å². The largest absolute Gasteiger partial charge is 0.429 e. The lowest BCUT2D eigenvalue weighted by Crippen LogP contribution is -2.23. The zero-order valence-electron chi connectivity index (χ0n) is 14.2. The zero-order valence-corrected chi connectivity index (χ0v) is 14.2. The molecule has 0 aliphatic carbocycles. The number of rotatable bonds is 4. The average Bonchev–Trinajstić information content (AvgIpc) is 2.58. The third kappa shape index (κ3) is 3.72. The Morgan fingerprint density at radius 3 is 2.00 bits per heavy atom. The molecule has 0 aliphatic heterocycles. The van der Waals surface area contributed by atoms with Crippen molar-refractivity contribution in [2.75, 3.05) is 0 Å². The van der Waals surface area contributed by atoms with Gasteiger partial charge in [-0.1, -0.05) is 42.0 Å². The minimum Gasteiger partial charge on any atom is -0.429 e. The zero-order chi connectivity index (χ0) is 18.9. The Labute approximate surface area is 148 Å². The van der Waals surface area contributed by atoms with E-state index >= 15 is 0 Å². The maximum atomic E-state index is 14.3. The van der Waals surface area contributed by atoms with Crippen LogP contribution in [0.15, 0.2) is 60.7 Å². The molecule has 0 heterocycles. The van der Waals surface area contributed by atoms with Crippen LogP contribution in [-0.4, -0.2) is 0 Å². The summed E-state index contributed by atoms with van der Waals surface area (Å²) in [6.07, 6.45) is -3.93. The first-order valence-electron chi connectivity index (χ1n) is 7.96.